The fourth-order valence-electron chi connectivity index (χ4n) is 2.65. The monoisotopic (exact) mass is 387 g/mol. The van der Waals surface area contributed by atoms with Gasteiger partial charge in [0.05, 0.1) is 11.2 Å². The quantitative estimate of drug-likeness (QED) is 0.602. The molecule has 1 N–H and O–H groups in total. The Balaban J connectivity index is 1.44. The first kappa shape index (κ1) is 19.0. The number of hydrogen-bond acceptors (Lipinski definition) is 4. The Morgan fingerprint density at radius 2 is 2.11 bits per heavy atom. The third-order valence-electron chi connectivity index (χ3n) is 4.01. The molecular formula is C19H22ClN5O2. The Morgan fingerprint density at radius 1 is 1.26 bits per heavy atom. The number of ether oxygens (including phenoxy) is 1. The zero-order chi connectivity index (χ0) is 19.2. The minimum Gasteiger partial charge on any atom is -0.471 e. The predicted molar refractivity (Wildman–Crippen MR) is 103 cm³/mol. The van der Waals surface area contributed by atoms with Crippen LogP contribution in [0, 0.1) is 13.8 Å². The molecule has 0 unspecified atom stereocenters. The maximum absolute atomic E-state index is 12.2. The zero-order valence-corrected chi connectivity index (χ0v) is 16.1. The summed E-state index contributed by atoms with van der Waals surface area (Å²) in [5.41, 5.74) is 2.62. The van der Waals surface area contributed by atoms with Crippen LogP contribution in [0.2, 0.25) is 5.02 Å². The van der Waals surface area contributed by atoms with Crippen molar-refractivity contribution in [1.29, 1.82) is 0 Å². The lowest BCUT2D eigenvalue weighted by Gasteiger charge is -2.09. The summed E-state index contributed by atoms with van der Waals surface area (Å²) in [6, 6.07) is 7.68. The van der Waals surface area contributed by atoms with Gasteiger partial charge in [-0.1, -0.05) is 29.3 Å². The van der Waals surface area contributed by atoms with Gasteiger partial charge >= 0.3 is 0 Å². The minimum atomic E-state index is -0.209. The van der Waals surface area contributed by atoms with Gasteiger partial charge in [0.25, 0.3) is 5.91 Å². The van der Waals surface area contributed by atoms with E-state index in [1.54, 1.807) is 34.0 Å². The first-order chi connectivity index (χ1) is 13.0. The van der Waals surface area contributed by atoms with Crippen LogP contribution in [0.3, 0.4) is 0 Å². The molecule has 0 fully saturated rings. The molecule has 0 aliphatic heterocycles. The number of aromatic nitrogens is 4. The number of aryl methyl sites for hydroxylation is 3. The van der Waals surface area contributed by atoms with Crippen molar-refractivity contribution in [3.63, 3.8) is 0 Å². The maximum atomic E-state index is 12.2. The Hall–Kier alpha value is -2.80. The fraction of sp³-hybridized carbons (Fsp3) is 0.316. The van der Waals surface area contributed by atoms with E-state index < -0.39 is 0 Å². The lowest BCUT2D eigenvalue weighted by molar-refractivity contribution is 0.0945. The Morgan fingerprint density at radius 3 is 2.85 bits per heavy atom. The number of hydrogen-bond donors (Lipinski definition) is 1. The highest BCUT2D eigenvalue weighted by atomic mass is 35.5. The number of nitrogens with one attached hydrogen (secondary N) is 1. The van der Waals surface area contributed by atoms with Gasteiger partial charge in [0.15, 0.2) is 6.73 Å². The highest BCUT2D eigenvalue weighted by molar-refractivity contribution is 6.30. The normalized spacial score (nSPS) is 10.8. The first-order valence-electron chi connectivity index (χ1n) is 8.71. The third kappa shape index (κ3) is 5.34. The number of benzene rings is 1. The smallest absolute Gasteiger partial charge is 0.271 e. The molecule has 2 heterocycles. The third-order valence-corrected chi connectivity index (χ3v) is 4.20. The van der Waals surface area contributed by atoms with E-state index in [9.17, 15) is 4.79 Å². The highest BCUT2D eigenvalue weighted by Gasteiger charge is 2.09. The van der Waals surface area contributed by atoms with E-state index in [0.717, 1.165) is 17.7 Å². The van der Waals surface area contributed by atoms with Crippen molar-refractivity contribution in [2.45, 2.75) is 33.5 Å². The van der Waals surface area contributed by atoms with Gasteiger partial charge in [-0.3, -0.25) is 9.48 Å². The molecule has 0 saturated carbocycles. The van der Waals surface area contributed by atoms with Crippen LogP contribution in [0.15, 0.2) is 42.9 Å². The van der Waals surface area contributed by atoms with Crippen LogP contribution in [-0.2, 0) is 13.3 Å². The molecule has 0 aliphatic carbocycles. The molecule has 142 valence electrons. The standard InChI is InChI=1S/C19H22ClN5O2/c1-14-4-5-18(15(2)10-14)27-13-25-9-6-17(23-25)19(26)21-7-3-8-24-12-16(20)11-22-24/h4-6,9-12H,3,7-8,13H2,1-2H3,(H,21,26). The van der Waals surface area contributed by atoms with Gasteiger partial charge in [0.1, 0.15) is 11.4 Å². The number of carbonyl (C=O) groups is 1. The largest absolute Gasteiger partial charge is 0.471 e. The van der Waals surface area contributed by atoms with Gasteiger partial charge in [0.2, 0.25) is 0 Å². The topological polar surface area (TPSA) is 74.0 Å². The van der Waals surface area contributed by atoms with E-state index in [2.05, 4.69) is 21.6 Å². The van der Waals surface area contributed by atoms with Crippen molar-refractivity contribution in [3.8, 4) is 5.75 Å². The molecule has 2 aromatic heterocycles. The van der Waals surface area contributed by atoms with Crippen molar-refractivity contribution in [2.75, 3.05) is 6.54 Å². The summed E-state index contributed by atoms with van der Waals surface area (Å²) >= 11 is 5.81. The Bertz CT molecular complexity index is 918. The molecule has 0 radical (unpaired) electrons. The summed E-state index contributed by atoms with van der Waals surface area (Å²) in [4.78, 5) is 12.2. The highest BCUT2D eigenvalue weighted by Crippen LogP contribution is 2.19. The van der Waals surface area contributed by atoms with Gasteiger partial charge in [-0.2, -0.15) is 10.2 Å². The van der Waals surface area contributed by atoms with Crippen LogP contribution in [0.1, 0.15) is 28.0 Å². The van der Waals surface area contributed by atoms with Crippen molar-refractivity contribution < 1.29 is 9.53 Å². The number of halogens is 1. The molecule has 0 aliphatic rings. The van der Waals surface area contributed by atoms with Gasteiger partial charge in [-0.15, -0.1) is 0 Å². The molecule has 8 heteroatoms. The van der Waals surface area contributed by atoms with E-state index in [-0.39, 0.29) is 12.6 Å². The molecule has 27 heavy (non-hydrogen) atoms. The minimum absolute atomic E-state index is 0.209. The molecule has 0 spiro atoms. The summed E-state index contributed by atoms with van der Waals surface area (Å²) in [7, 11) is 0. The fourth-order valence-corrected chi connectivity index (χ4v) is 2.80. The first-order valence-corrected chi connectivity index (χ1v) is 9.09. The SMILES string of the molecule is Cc1ccc(OCn2ccc(C(=O)NCCCn3cc(Cl)cn3)n2)c(C)c1. The van der Waals surface area contributed by atoms with Gasteiger partial charge in [-0.25, -0.2) is 4.68 Å². The Labute approximate surface area is 162 Å². The van der Waals surface area contributed by atoms with Crippen molar-refractivity contribution in [3.05, 3.63) is 64.7 Å². The van der Waals surface area contributed by atoms with Gasteiger partial charge < -0.3 is 10.1 Å². The van der Waals surface area contributed by atoms with Crippen LogP contribution in [-0.4, -0.2) is 32.0 Å². The molecule has 1 amide bonds. The van der Waals surface area contributed by atoms with Gasteiger partial charge in [0, 0.05) is 25.5 Å². The van der Waals surface area contributed by atoms with Crippen molar-refractivity contribution >= 4 is 17.5 Å². The van der Waals surface area contributed by atoms with Crippen LogP contribution < -0.4 is 10.1 Å². The molecule has 0 atom stereocenters. The molecule has 7 nitrogen and oxygen atoms in total. The molecular weight excluding hydrogens is 366 g/mol. The second kappa shape index (κ2) is 8.73. The molecule has 3 aromatic rings. The van der Waals surface area contributed by atoms with Crippen LogP contribution in [0.4, 0.5) is 0 Å². The summed E-state index contributed by atoms with van der Waals surface area (Å²) in [5, 5.41) is 11.8. The second-order valence-corrected chi connectivity index (χ2v) is 6.75. The lowest BCUT2D eigenvalue weighted by atomic mass is 10.1. The summed E-state index contributed by atoms with van der Waals surface area (Å²) in [6.45, 7) is 5.51. The van der Waals surface area contributed by atoms with Crippen molar-refractivity contribution in [2.24, 2.45) is 0 Å². The Kier molecular flexibility index (Phi) is 6.13. The lowest BCUT2D eigenvalue weighted by Crippen LogP contribution is -2.26. The number of carbonyl (C=O) groups excluding carboxylic acids is 1. The van der Waals surface area contributed by atoms with Crippen LogP contribution in [0.25, 0.3) is 0 Å². The van der Waals surface area contributed by atoms with E-state index in [4.69, 9.17) is 16.3 Å². The maximum Gasteiger partial charge on any atom is 0.271 e. The van der Waals surface area contributed by atoms with E-state index in [1.807, 2.05) is 26.0 Å². The predicted octanol–water partition coefficient (Wildman–Crippen LogP) is 3.21. The number of nitrogens with zero attached hydrogens (tertiary/aromatic N) is 4. The summed E-state index contributed by atoms with van der Waals surface area (Å²) in [6.07, 6.45) is 5.82. The van der Waals surface area contributed by atoms with E-state index in [1.165, 1.54) is 5.56 Å². The average molecular weight is 388 g/mol. The number of rotatable bonds is 8. The van der Waals surface area contributed by atoms with E-state index in [0.29, 0.717) is 23.8 Å². The summed E-state index contributed by atoms with van der Waals surface area (Å²) in [5.74, 6) is 0.597. The zero-order valence-electron chi connectivity index (χ0n) is 15.4. The average Bonchev–Trinajstić information content (AvgIpc) is 3.27. The molecule has 0 saturated heterocycles. The second-order valence-electron chi connectivity index (χ2n) is 6.31. The molecule has 0 bridgehead atoms. The van der Waals surface area contributed by atoms with E-state index >= 15 is 0 Å². The summed E-state index contributed by atoms with van der Waals surface area (Å²) < 4.78 is 9.11. The number of amides is 1. The molecule has 3 rings (SSSR count). The molecule has 1 aromatic carbocycles. The van der Waals surface area contributed by atoms with Crippen LogP contribution in [0.5, 0.6) is 5.75 Å². The van der Waals surface area contributed by atoms with Gasteiger partial charge in [-0.05, 0) is 38.0 Å². The van der Waals surface area contributed by atoms with Crippen LogP contribution >= 0.6 is 11.6 Å². The van der Waals surface area contributed by atoms with Crippen molar-refractivity contribution in [1.82, 2.24) is 24.9 Å².